The molecule has 222 valence electrons. The minimum Gasteiger partial charge on any atom is -0.507 e. The first-order valence-electron chi connectivity index (χ1n) is 13.7. The third-order valence-corrected chi connectivity index (χ3v) is 8.96. The quantitative estimate of drug-likeness (QED) is 0.159. The Morgan fingerprint density at radius 1 is 0.578 bits per heavy atom. The predicted octanol–water partition coefficient (Wildman–Crippen LogP) is 6.41. The molecule has 0 amide bonds. The van der Waals surface area contributed by atoms with Gasteiger partial charge in [0.25, 0.3) is 0 Å². The molecular formula is C35H22O9S. The topological polar surface area (TPSA) is 144 Å². The van der Waals surface area contributed by atoms with E-state index in [0.717, 1.165) is 5.39 Å². The molecule has 0 spiro atoms. The van der Waals surface area contributed by atoms with Crippen molar-refractivity contribution in [3.63, 3.8) is 0 Å². The Balaban J connectivity index is 1.38. The van der Waals surface area contributed by atoms with E-state index >= 15 is 0 Å². The number of fused-ring (bicyclic) bond motifs is 3. The van der Waals surface area contributed by atoms with Gasteiger partial charge in [-0.1, -0.05) is 72.8 Å². The second-order valence-corrected chi connectivity index (χ2v) is 11.8. The zero-order valence-corrected chi connectivity index (χ0v) is 24.0. The number of rotatable bonds is 6. The fraction of sp³-hybridized carbons (Fsp3) is 0.0286. The summed E-state index contributed by atoms with van der Waals surface area (Å²) in [5, 5.41) is 24.4. The molecule has 2 heterocycles. The molecule has 45 heavy (non-hydrogen) atoms. The van der Waals surface area contributed by atoms with Crippen LogP contribution < -0.4 is 15.4 Å². The monoisotopic (exact) mass is 618 g/mol. The fourth-order valence-corrected chi connectivity index (χ4v) is 6.74. The van der Waals surface area contributed by atoms with Gasteiger partial charge < -0.3 is 23.2 Å². The molecule has 0 radical (unpaired) electrons. The van der Waals surface area contributed by atoms with E-state index in [1.165, 1.54) is 42.5 Å². The van der Waals surface area contributed by atoms with Crippen LogP contribution in [0.25, 0.3) is 32.7 Å². The van der Waals surface area contributed by atoms with Gasteiger partial charge in [-0.15, -0.1) is 0 Å². The molecule has 0 aliphatic rings. The maximum absolute atomic E-state index is 13.4. The molecule has 2 N–H and O–H groups in total. The van der Waals surface area contributed by atoms with Crippen LogP contribution in [0.15, 0.2) is 139 Å². The smallest absolute Gasteiger partial charge is 0.344 e. The van der Waals surface area contributed by atoms with E-state index in [0.29, 0.717) is 5.39 Å². The van der Waals surface area contributed by atoms with Gasteiger partial charge in [0.1, 0.15) is 33.3 Å². The predicted molar refractivity (Wildman–Crippen MR) is 167 cm³/mol. The first-order valence-corrected chi connectivity index (χ1v) is 15.2. The van der Waals surface area contributed by atoms with Crippen molar-refractivity contribution in [2.24, 2.45) is 0 Å². The Morgan fingerprint density at radius 3 is 1.64 bits per heavy atom. The fourth-order valence-electron chi connectivity index (χ4n) is 5.58. The Bertz CT molecular complexity index is 2390. The Morgan fingerprint density at radius 2 is 1.07 bits per heavy atom. The molecule has 0 saturated heterocycles. The van der Waals surface area contributed by atoms with Crippen molar-refractivity contribution >= 4 is 42.8 Å². The van der Waals surface area contributed by atoms with Crippen LogP contribution in [0.5, 0.6) is 17.2 Å². The molecule has 10 heteroatoms. The number of benzene rings is 5. The maximum atomic E-state index is 13.4. The molecule has 7 rings (SSSR count). The molecule has 5 aromatic carbocycles. The molecule has 0 atom stereocenters. The number of para-hydroxylation sites is 2. The Labute approximate surface area is 254 Å². The molecule has 0 unspecified atom stereocenters. The second kappa shape index (κ2) is 10.7. The summed E-state index contributed by atoms with van der Waals surface area (Å²) in [6.07, 6.45) is 0. The summed E-state index contributed by atoms with van der Waals surface area (Å²) in [6, 6.07) is 30.1. The summed E-state index contributed by atoms with van der Waals surface area (Å²) in [4.78, 5) is 26.8. The number of hydrogen-bond donors (Lipinski definition) is 2. The lowest BCUT2D eigenvalue weighted by molar-refractivity contribution is 0.441. The van der Waals surface area contributed by atoms with Gasteiger partial charge in [-0.25, -0.2) is 9.59 Å². The van der Waals surface area contributed by atoms with Gasteiger partial charge in [-0.05, 0) is 53.4 Å². The SMILES string of the molecule is O=c1oc2ccccc2c(O)c1C(c1ccc(OS(=O)(=O)c2cccc3ccccc23)cc1)c1c(O)c2ccccc2oc1=O. The van der Waals surface area contributed by atoms with Crippen molar-refractivity contribution < 1.29 is 31.6 Å². The lowest BCUT2D eigenvalue weighted by Crippen LogP contribution is -2.21. The van der Waals surface area contributed by atoms with Crippen molar-refractivity contribution in [2.75, 3.05) is 0 Å². The summed E-state index contributed by atoms with van der Waals surface area (Å²) in [7, 11) is -4.26. The Kier molecular flexibility index (Phi) is 6.63. The molecule has 7 aromatic rings. The normalized spacial score (nSPS) is 11.8. The van der Waals surface area contributed by atoms with Crippen LogP contribution in [-0.2, 0) is 10.1 Å². The van der Waals surface area contributed by atoms with Gasteiger partial charge in [-0.2, -0.15) is 8.42 Å². The number of hydrogen-bond acceptors (Lipinski definition) is 9. The van der Waals surface area contributed by atoms with Crippen molar-refractivity contribution in [1.82, 2.24) is 0 Å². The van der Waals surface area contributed by atoms with E-state index in [9.17, 15) is 28.2 Å². The molecular weight excluding hydrogens is 596 g/mol. The van der Waals surface area contributed by atoms with E-state index in [2.05, 4.69) is 0 Å². The van der Waals surface area contributed by atoms with E-state index in [-0.39, 0.29) is 49.3 Å². The minimum atomic E-state index is -4.26. The van der Waals surface area contributed by atoms with Crippen LogP contribution in [0.3, 0.4) is 0 Å². The lowest BCUT2D eigenvalue weighted by atomic mass is 9.84. The first kappa shape index (κ1) is 27.9. The van der Waals surface area contributed by atoms with Gasteiger partial charge in [0.15, 0.2) is 0 Å². The van der Waals surface area contributed by atoms with Gasteiger partial charge in [0.05, 0.1) is 27.8 Å². The van der Waals surface area contributed by atoms with E-state index in [1.54, 1.807) is 72.8 Å². The summed E-state index contributed by atoms with van der Waals surface area (Å²) >= 11 is 0. The lowest BCUT2D eigenvalue weighted by Gasteiger charge is -2.20. The van der Waals surface area contributed by atoms with E-state index in [4.69, 9.17) is 13.0 Å². The molecule has 0 fully saturated rings. The highest BCUT2D eigenvalue weighted by Crippen LogP contribution is 2.42. The zero-order valence-electron chi connectivity index (χ0n) is 23.2. The summed E-state index contributed by atoms with van der Waals surface area (Å²) in [5.74, 6) is -2.32. The second-order valence-electron chi connectivity index (χ2n) is 10.3. The van der Waals surface area contributed by atoms with Crippen molar-refractivity contribution in [2.45, 2.75) is 10.8 Å². The van der Waals surface area contributed by atoms with Crippen molar-refractivity contribution in [1.29, 1.82) is 0 Å². The molecule has 9 nitrogen and oxygen atoms in total. The minimum absolute atomic E-state index is 0.0139. The molecule has 0 saturated carbocycles. The van der Waals surface area contributed by atoms with Gasteiger partial charge >= 0.3 is 21.4 Å². The number of aromatic hydroxyl groups is 2. The van der Waals surface area contributed by atoms with Crippen LogP contribution in [0, 0.1) is 0 Å². The highest BCUT2D eigenvalue weighted by Gasteiger charge is 2.32. The average Bonchev–Trinajstić information content (AvgIpc) is 3.04. The highest BCUT2D eigenvalue weighted by atomic mass is 32.2. The van der Waals surface area contributed by atoms with E-state index in [1.807, 2.05) is 0 Å². The molecule has 0 aliphatic carbocycles. The molecule has 0 bridgehead atoms. The molecule has 2 aromatic heterocycles. The van der Waals surface area contributed by atoms with Crippen LogP contribution in [-0.4, -0.2) is 18.6 Å². The summed E-state index contributed by atoms with van der Waals surface area (Å²) in [6.45, 7) is 0. The largest absolute Gasteiger partial charge is 0.507 e. The summed E-state index contributed by atoms with van der Waals surface area (Å²) < 4.78 is 43.1. The average molecular weight is 619 g/mol. The Hall–Kier alpha value is -5.87. The van der Waals surface area contributed by atoms with Crippen LogP contribution in [0.1, 0.15) is 22.6 Å². The first-order chi connectivity index (χ1) is 21.7. The van der Waals surface area contributed by atoms with Gasteiger partial charge in [0, 0.05) is 5.39 Å². The van der Waals surface area contributed by atoms with E-state index < -0.39 is 38.8 Å². The van der Waals surface area contributed by atoms with Gasteiger partial charge in [-0.3, -0.25) is 0 Å². The van der Waals surface area contributed by atoms with Crippen molar-refractivity contribution in [3.05, 3.63) is 153 Å². The zero-order chi connectivity index (χ0) is 31.3. The summed E-state index contributed by atoms with van der Waals surface area (Å²) in [5.41, 5.74) is -2.03. The maximum Gasteiger partial charge on any atom is 0.344 e. The van der Waals surface area contributed by atoms with Crippen LogP contribution in [0.2, 0.25) is 0 Å². The third-order valence-electron chi connectivity index (χ3n) is 7.66. The van der Waals surface area contributed by atoms with Crippen LogP contribution in [0.4, 0.5) is 0 Å². The highest BCUT2D eigenvalue weighted by molar-refractivity contribution is 7.87. The molecule has 0 aliphatic heterocycles. The third kappa shape index (κ3) is 4.77. The van der Waals surface area contributed by atoms with Crippen molar-refractivity contribution in [3.8, 4) is 17.2 Å². The standard InChI is InChI=1S/C35H22O9S/c36-32-24-11-3-5-13-26(24)42-34(38)30(32)29(31-33(37)25-12-4-6-14-27(25)43-35(31)39)21-16-18-22(19-17-21)44-45(40,41)28-15-7-9-20-8-1-2-10-23(20)28/h1-19,29,36-37H. The van der Waals surface area contributed by atoms with Gasteiger partial charge in [0.2, 0.25) is 0 Å². The van der Waals surface area contributed by atoms with Crippen LogP contribution >= 0.6 is 0 Å².